The molecule has 29 heavy (non-hydrogen) atoms. The van der Waals surface area contributed by atoms with Crippen molar-refractivity contribution in [3.05, 3.63) is 71.8 Å². The van der Waals surface area contributed by atoms with Crippen LogP contribution in [0.5, 0.6) is 28.7 Å². The van der Waals surface area contributed by atoms with Crippen molar-refractivity contribution in [3.8, 4) is 28.7 Å². The number of rotatable bonds is 8. The molecule has 0 aliphatic rings. The number of carbonyl (C=O) groups is 1. The Kier molecular flexibility index (Phi) is 6.81. The first-order valence-electron chi connectivity index (χ1n) is 8.76. The Bertz CT molecular complexity index is 961. The second-order valence-corrected chi connectivity index (χ2v) is 6.32. The molecule has 0 radical (unpaired) electrons. The number of anilines is 1. The third-order valence-electron chi connectivity index (χ3n) is 3.92. The largest absolute Gasteiger partial charge is 0.493 e. The second-order valence-electron chi connectivity index (χ2n) is 5.91. The fourth-order valence-electron chi connectivity index (χ4n) is 2.51. The molecule has 1 amide bonds. The fourth-order valence-corrected chi connectivity index (χ4v) is 2.71. The molecule has 3 rings (SSSR count). The van der Waals surface area contributed by atoms with Crippen molar-refractivity contribution >= 4 is 23.2 Å². The maximum absolute atomic E-state index is 12.2. The van der Waals surface area contributed by atoms with Crippen LogP contribution in [-0.4, -0.2) is 26.7 Å². The van der Waals surface area contributed by atoms with Crippen molar-refractivity contribution in [2.24, 2.45) is 0 Å². The molecular weight excluding hydrogens is 394 g/mol. The van der Waals surface area contributed by atoms with Gasteiger partial charge >= 0.3 is 0 Å². The Morgan fingerprint density at radius 1 is 0.862 bits per heavy atom. The predicted molar refractivity (Wildman–Crippen MR) is 112 cm³/mol. The molecule has 3 aromatic rings. The molecule has 0 unspecified atom stereocenters. The Morgan fingerprint density at radius 2 is 1.45 bits per heavy atom. The zero-order chi connectivity index (χ0) is 20.6. The van der Waals surface area contributed by atoms with E-state index in [1.807, 2.05) is 30.3 Å². The highest BCUT2D eigenvalue weighted by atomic mass is 35.5. The highest BCUT2D eigenvalue weighted by Crippen LogP contribution is 2.36. The number of methoxy groups -OCH3 is 2. The van der Waals surface area contributed by atoms with Gasteiger partial charge in [0, 0.05) is 12.1 Å². The minimum Gasteiger partial charge on any atom is -0.493 e. The summed E-state index contributed by atoms with van der Waals surface area (Å²) in [6, 6.07) is 19.6. The molecule has 0 bridgehead atoms. The number of halogens is 1. The van der Waals surface area contributed by atoms with E-state index >= 15 is 0 Å². The first kappa shape index (κ1) is 20.4. The van der Waals surface area contributed by atoms with Crippen molar-refractivity contribution in [1.82, 2.24) is 0 Å². The molecule has 0 aromatic heterocycles. The summed E-state index contributed by atoms with van der Waals surface area (Å²) < 4.78 is 21.6. The minimum absolute atomic E-state index is 0.177. The van der Waals surface area contributed by atoms with Crippen molar-refractivity contribution < 1.29 is 23.7 Å². The zero-order valence-corrected chi connectivity index (χ0v) is 16.7. The van der Waals surface area contributed by atoms with Crippen molar-refractivity contribution in [1.29, 1.82) is 0 Å². The molecule has 0 aliphatic carbocycles. The second kappa shape index (κ2) is 9.71. The molecule has 0 saturated carbocycles. The van der Waals surface area contributed by atoms with E-state index in [4.69, 9.17) is 30.5 Å². The van der Waals surface area contributed by atoms with Crippen LogP contribution in [-0.2, 0) is 4.79 Å². The van der Waals surface area contributed by atoms with Gasteiger partial charge in [0.25, 0.3) is 5.91 Å². The Morgan fingerprint density at radius 3 is 2.10 bits per heavy atom. The number of ether oxygens (including phenoxy) is 4. The SMILES string of the molecule is COc1cc(Cl)c(NC(=O)COc2ccc(Oc3ccccc3)cc2)cc1OC. The molecule has 150 valence electrons. The quantitative estimate of drug-likeness (QED) is 0.552. The van der Waals surface area contributed by atoms with Gasteiger partial charge in [0.1, 0.15) is 17.2 Å². The van der Waals surface area contributed by atoms with Gasteiger partial charge in [-0.2, -0.15) is 0 Å². The van der Waals surface area contributed by atoms with Crippen LogP contribution in [0, 0.1) is 0 Å². The van der Waals surface area contributed by atoms with E-state index in [0.29, 0.717) is 33.7 Å². The van der Waals surface area contributed by atoms with Gasteiger partial charge in [-0.1, -0.05) is 29.8 Å². The van der Waals surface area contributed by atoms with E-state index < -0.39 is 0 Å². The lowest BCUT2D eigenvalue weighted by molar-refractivity contribution is -0.118. The summed E-state index contributed by atoms with van der Waals surface area (Å²) in [6.45, 7) is -0.177. The molecule has 1 N–H and O–H groups in total. The topological polar surface area (TPSA) is 66.0 Å². The summed E-state index contributed by atoms with van der Waals surface area (Å²) >= 11 is 6.18. The van der Waals surface area contributed by atoms with Crippen LogP contribution >= 0.6 is 11.6 Å². The highest BCUT2D eigenvalue weighted by Gasteiger charge is 2.12. The molecule has 0 heterocycles. The summed E-state index contributed by atoms with van der Waals surface area (Å²) in [5.41, 5.74) is 0.407. The van der Waals surface area contributed by atoms with Gasteiger partial charge in [0.2, 0.25) is 0 Å². The summed E-state index contributed by atoms with van der Waals surface area (Å²) in [5, 5.41) is 3.03. The lowest BCUT2D eigenvalue weighted by Crippen LogP contribution is -2.20. The third kappa shape index (κ3) is 5.56. The van der Waals surface area contributed by atoms with Gasteiger partial charge in [-0.15, -0.1) is 0 Å². The van der Waals surface area contributed by atoms with Crippen LogP contribution in [0.1, 0.15) is 0 Å². The molecule has 0 aliphatic heterocycles. The third-order valence-corrected chi connectivity index (χ3v) is 4.23. The summed E-state index contributed by atoms with van der Waals surface area (Å²) in [5.74, 6) is 2.53. The predicted octanol–water partition coefficient (Wildman–Crippen LogP) is 5.17. The van der Waals surface area contributed by atoms with Crippen LogP contribution < -0.4 is 24.3 Å². The van der Waals surface area contributed by atoms with Gasteiger partial charge in [0.05, 0.1) is 24.9 Å². The number of hydrogen-bond acceptors (Lipinski definition) is 5. The smallest absolute Gasteiger partial charge is 0.262 e. The normalized spacial score (nSPS) is 10.2. The lowest BCUT2D eigenvalue weighted by atomic mass is 10.2. The first-order valence-corrected chi connectivity index (χ1v) is 9.14. The van der Waals surface area contributed by atoms with E-state index in [0.717, 1.165) is 5.75 Å². The van der Waals surface area contributed by atoms with Gasteiger partial charge in [-0.05, 0) is 36.4 Å². The van der Waals surface area contributed by atoms with Crippen LogP contribution in [0.25, 0.3) is 0 Å². The maximum Gasteiger partial charge on any atom is 0.262 e. The zero-order valence-electron chi connectivity index (χ0n) is 16.0. The lowest BCUT2D eigenvalue weighted by Gasteiger charge is -2.13. The summed E-state index contributed by atoms with van der Waals surface area (Å²) in [4.78, 5) is 12.2. The number of para-hydroxylation sites is 1. The average Bonchev–Trinajstić information content (AvgIpc) is 2.75. The van der Waals surface area contributed by atoms with E-state index in [9.17, 15) is 4.79 Å². The molecule has 0 fully saturated rings. The van der Waals surface area contributed by atoms with Crippen LogP contribution in [0.3, 0.4) is 0 Å². The number of nitrogens with one attached hydrogen (secondary N) is 1. The monoisotopic (exact) mass is 413 g/mol. The number of carbonyl (C=O) groups excluding carboxylic acids is 1. The van der Waals surface area contributed by atoms with Gasteiger partial charge in [0.15, 0.2) is 18.1 Å². The number of amides is 1. The van der Waals surface area contributed by atoms with E-state index in [-0.39, 0.29) is 12.5 Å². The number of hydrogen-bond donors (Lipinski definition) is 1. The molecule has 6 nitrogen and oxygen atoms in total. The maximum atomic E-state index is 12.2. The van der Waals surface area contributed by atoms with Gasteiger partial charge in [-0.3, -0.25) is 4.79 Å². The molecular formula is C22H20ClNO5. The summed E-state index contributed by atoms with van der Waals surface area (Å²) in [7, 11) is 3.02. The van der Waals surface area contributed by atoms with Crippen LogP contribution in [0.15, 0.2) is 66.7 Å². The number of benzene rings is 3. The average molecular weight is 414 g/mol. The minimum atomic E-state index is -0.358. The van der Waals surface area contributed by atoms with Gasteiger partial charge in [-0.25, -0.2) is 0 Å². The molecule has 0 saturated heterocycles. The highest BCUT2D eigenvalue weighted by molar-refractivity contribution is 6.34. The standard InChI is InChI=1S/C22H20ClNO5/c1-26-20-12-18(23)19(13-21(20)27-2)24-22(25)14-28-15-8-10-17(11-9-15)29-16-6-4-3-5-7-16/h3-13H,14H2,1-2H3,(H,24,25). The van der Waals surface area contributed by atoms with Crippen molar-refractivity contribution in [2.75, 3.05) is 26.1 Å². The van der Waals surface area contributed by atoms with Gasteiger partial charge < -0.3 is 24.3 Å². The Hall–Kier alpha value is -3.38. The van der Waals surface area contributed by atoms with E-state index in [1.54, 1.807) is 36.4 Å². The van der Waals surface area contributed by atoms with Crippen molar-refractivity contribution in [3.63, 3.8) is 0 Å². The van der Waals surface area contributed by atoms with Crippen LogP contribution in [0.4, 0.5) is 5.69 Å². The Labute approximate surface area is 173 Å². The molecule has 0 atom stereocenters. The Balaban J connectivity index is 1.55. The van der Waals surface area contributed by atoms with E-state index in [2.05, 4.69) is 5.32 Å². The first-order chi connectivity index (χ1) is 14.1. The van der Waals surface area contributed by atoms with Crippen LogP contribution in [0.2, 0.25) is 5.02 Å². The van der Waals surface area contributed by atoms with E-state index in [1.165, 1.54) is 14.2 Å². The molecule has 0 spiro atoms. The van der Waals surface area contributed by atoms with Crippen molar-refractivity contribution in [2.45, 2.75) is 0 Å². The molecule has 7 heteroatoms. The summed E-state index contributed by atoms with van der Waals surface area (Å²) in [6.07, 6.45) is 0. The molecule has 3 aromatic carbocycles. The fraction of sp³-hybridized carbons (Fsp3) is 0.136.